The third-order valence-electron chi connectivity index (χ3n) is 12.7. The summed E-state index contributed by atoms with van der Waals surface area (Å²) in [6.45, 7) is 12.7. The van der Waals surface area contributed by atoms with Crippen LogP contribution in [0.5, 0.6) is 11.5 Å². The van der Waals surface area contributed by atoms with Gasteiger partial charge in [-0.25, -0.2) is 4.98 Å². The largest absolute Gasteiger partial charge is 0.509 e. The summed E-state index contributed by atoms with van der Waals surface area (Å²) in [5.74, 6) is 1.24. The van der Waals surface area contributed by atoms with Crippen LogP contribution in [0.4, 0.5) is 22.7 Å². The van der Waals surface area contributed by atoms with Crippen molar-refractivity contribution in [3.8, 4) is 50.7 Å². The molecule has 0 saturated carbocycles. The third kappa shape index (κ3) is 8.66. The van der Waals surface area contributed by atoms with Gasteiger partial charge in [-0.15, -0.1) is 48.1 Å². The number of hydrogen-bond donors (Lipinski definition) is 0. The third-order valence-corrected chi connectivity index (χ3v) is 12.7. The second-order valence-electron chi connectivity index (χ2n) is 19.3. The van der Waals surface area contributed by atoms with E-state index in [0.717, 1.165) is 55.5 Å². The first-order valence-electron chi connectivity index (χ1n) is 26.8. The summed E-state index contributed by atoms with van der Waals surface area (Å²) in [5.41, 5.74) is 11.1. The maximum Gasteiger partial charge on any atom is 0.135 e. The van der Waals surface area contributed by atoms with Gasteiger partial charge in [-0.05, 0) is 92.3 Å². The van der Waals surface area contributed by atoms with Crippen molar-refractivity contribution in [3.63, 3.8) is 0 Å². The van der Waals surface area contributed by atoms with Crippen LogP contribution in [0, 0.1) is 25.7 Å². The predicted octanol–water partition coefficient (Wildman–Crippen LogP) is 16.9. The van der Waals surface area contributed by atoms with Gasteiger partial charge in [-0.2, -0.15) is 12.1 Å². The molecule has 344 valence electrons. The van der Waals surface area contributed by atoms with Gasteiger partial charge in [-0.1, -0.05) is 168 Å². The average molecular weight is 1090 g/mol. The van der Waals surface area contributed by atoms with Crippen molar-refractivity contribution in [1.29, 1.82) is 0 Å². The molecule has 0 atom stereocenters. The van der Waals surface area contributed by atoms with Gasteiger partial charge in [0, 0.05) is 76.6 Å². The zero-order chi connectivity index (χ0) is 53.6. The van der Waals surface area contributed by atoms with Gasteiger partial charge in [0.05, 0.1) is 6.85 Å². The van der Waals surface area contributed by atoms with Crippen molar-refractivity contribution in [2.45, 2.75) is 59.2 Å². The molecule has 0 radical (unpaired) electrons. The number of aryl methyl sites for hydroxylation is 1. The number of anilines is 4. The molecule has 0 saturated heterocycles. The minimum absolute atomic E-state index is 0. The number of aromatic nitrogens is 2. The SMILES string of the molecule is [2H]c1c([2H])c([2H])c(-c2cccc(-c3cccc(C(C)(C)C)c3)c2N2[CH-]N(c3[c-]c(Oc4[c-]c5c(cc4)c4cc(-c6ccc(C(C)(C)C)cc6)ccc4n5-c4cc(C([2H])([2H])[2H])ccn4)ccc3)c3ccccc32)c([2H])c1[2H].[Pt]. The van der Waals surface area contributed by atoms with Crippen molar-refractivity contribution in [1.82, 2.24) is 9.55 Å². The Hall–Kier alpha value is -7.20. The summed E-state index contributed by atoms with van der Waals surface area (Å²) in [7, 11) is 0. The van der Waals surface area contributed by atoms with Crippen LogP contribution in [0.15, 0.2) is 188 Å². The van der Waals surface area contributed by atoms with E-state index in [2.05, 4.69) is 102 Å². The summed E-state index contributed by atoms with van der Waals surface area (Å²) in [6, 6.07) is 54.6. The van der Waals surface area contributed by atoms with Crippen molar-refractivity contribution < 1.29 is 36.8 Å². The second kappa shape index (κ2) is 18.0. The van der Waals surface area contributed by atoms with E-state index in [1.807, 2.05) is 112 Å². The first-order chi connectivity index (χ1) is 36.2. The zero-order valence-corrected chi connectivity index (χ0v) is 41.4. The van der Waals surface area contributed by atoms with Crippen LogP contribution < -0.4 is 14.5 Å². The number of pyridine rings is 1. The molecule has 0 bridgehead atoms. The van der Waals surface area contributed by atoms with E-state index in [1.165, 1.54) is 17.8 Å². The first kappa shape index (κ1) is 36.8. The monoisotopic (exact) mass is 1080 g/mol. The molecule has 0 N–H and O–H groups in total. The average Bonchev–Trinajstić information content (AvgIpc) is 3.97. The van der Waals surface area contributed by atoms with E-state index in [-0.39, 0.29) is 55.1 Å². The molecule has 6 heteroatoms. The smallest absolute Gasteiger partial charge is 0.135 e. The predicted molar refractivity (Wildman–Crippen MR) is 283 cm³/mol. The van der Waals surface area contributed by atoms with E-state index < -0.39 is 25.0 Å². The Morgan fingerprint density at radius 1 is 0.580 bits per heavy atom. The molecular formula is C63H53N4OPt-3. The van der Waals surface area contributed by atoms with Crippen molar-refractivity contribution in [3.05, 3.63) is 224 Å². The van der Waals surface area contributed by atoms with Crippen LogP contribution in [0.3, 0.4) is 0 Å². The quantitative estimate of drug-likeness (QED) is 0.142. The number of para-hydroxylation sites is 3. The maximum atomic E-state index is 9.13. The van der Waals surface area contributed by atoms with Crippen LogP contribution in [-0.2, 0) is 31.9 Å². The van der Waals surface area contributed by atoms with Gasteiger partial charge in [0.2, 0.25) is 0 Å². The molecule has 0 spiro atoms. The molecule has 2 aromatic heterocycles. The first-order valence-corrected chi connectivity index (χ1v) is 22.8. The summed E-state index contributed by atoms with van der Waals surface area (Å²) in [6.07, 6.45) is 1.52. The van der Waals surface area contributed by atoms with Crippen LogP contribution in [0.2, 0.25) is 0 Å². The Morgan fingerprint density at radius 2 is 1.28 bits per heavy atom. The summed E-state index contributed by atoms with van der Waals surface area (Å²) in [4.78, 5) is 8.71. The summed E-state index contributed by atoms with van der Waals surface area (Å²) < 4.78 is 77.2. The van der Waals surface area contributed by atoms with E-state index in [0.29, 0.717) is 39.8 Å². The molecule has 0 fully saturated rings. The molecule has 3 heterocycles. The molecular weight excluding hydrogens is 1020 g/mol. The molecule has 0 aliphatic carbocycles. The molecule has 5 nitrogen and oxygen atoms in total. The van der Waals surface area contributed by atoms with Gasteiger partial charge in [0.15, 0.2) is 0 Å². The molecule has 10 aromatic rings. The van der Waals surface area contributed by atoms with Crippen LogP contribution in [-0.4, -0.2) is 9.55 Å². The fourth-order valence-electron chi connectivity index (χ4n) is 9.12. The van der Waals surface area contributed by atoms with E-state index in [1.54, 1.807) is 6.07 Å². The standard InChI is InChI=1S/C63H53N4O.Pt/c1-42-34-35-64-60(36-42)67-56-33-28-45(43-26-29-47(30-27-43)62(2,3)4)38-55(56)54-32-31-51(40-59(54)67)68-50-21-14-20-49(39-50)65-41-66(58-25-12-11-24-57(58)65)61-52(44-16-9-8-10-17-44)22-15-23-53(61)46-18-13-19-48(37-46)63(5,6)7;/h8-38,41H,1-7H3;/q-3;/i1D3,8D,9D,10D,16D,17D;. The number of ether oxygens (including phenoxy) is 1. The van der Waals surface area contributed by atoms with E-state index >= 15 is 0 Å². The number of nitrogens with zero attached hydrogens (tertiary/aromatic N) is 4. The molecule has 0 amide bonds. The minimum atomic E-state index is -2.35. The van der Waals surface area contributed by atoms with Crippen molar-refractivity contribution in [2.24, 2.45) is 0 Å². The van der Waals surface area contributed by atoms with Crippen LogP contribution >= 0.6 is 0 Å². The molecule has 8 aromatic carbocycles. The van der Waals surface area contributed by atoms with Crippen molar-refractivity contribution >= 4 is 44.6 Å². The molecule has 0 unspecified atom stereocenters. The number of benzene rings is 8. The second-order valence-corrected chi connectivity index (χ2v) is 19.3. The van der Waals surface area contributed by atoms with Gasteiger partial charge in [0.25, 0.3) is 0 Å². The zero-order valence-electron chi connectivity index (χ0n) is 47.1. The summed E-state index contributed by atoms with van der Waals surface area (Å²) >= 11 is 0. The number of fused-ring (bicyclic) bond motifs is 4. The minimum Gasteiger partial charge on any atom is -0.509 e. The van der Waals surface area contributed by atoms with Gasteiger partial charge in [-0.3, -0.25) is 0 Å². The van der Waals surface area contributed by atoms with Crippen molar-refractivity contribution in [2.75, 3.05) is 9.80 Å². The maximum absolute atomic E-state index is 9.13. The number of rotatable bonds is 8. The molecule has 69 heavy (non-hydrogen) atoms. The fraction of sp³-hybridized carbons (Fsp3) is 0.143. The molecule has 11 rings (SSSR count). The van der Waals surface area contributed by atoms with Crippen LogP contribution in [0.25, 0.3) is 61.0 Å². The van der Waals surface area contributed by atoms with Gasteiger partial charge in [0.1, 0.15) is 5.82 Å². The summed E-state index contributed by atoms with van der Waals surface area (Å²) in [5, 5.41) is 1.82. The van der Waals surface area contributed by atoms with Gasteiger partial charge >= 0.3 is 0 Å². The normalized spacial score (nSPS) is 14.5. The van der Waals surface area contributed by atoms with E-state index in [4.69, 9.17) is 20.7 Å². The Morgan fingerprint density at radius 3 is 2.03 bits per heavy atom. The van der Waals surface area contributed by atoms with E-state index in [9.17, 15) is 0 Å². The number of hydrogen-bond acceptors (Lipinski definition) is 4. The van der Waals surface area contributed by atoms with Crippen LogP contribution in [0.1, 0.15) is 69.2 Å². The topological polar surface area (TPSA) is 33.5 Å². The Kier molecular flexibility index (Phi) is 9.62. The Bertz CT molecular complexity index is 3900. The Balaban J connectivity index is 0.00000672. The molecule has 1 aliphatic heterocycles. The molecule has 1 aliphatic rings. The fourth-order valence-corrected chi connectivity index (χ4v) is 9.12. The Labute approximate surface area is 432 Å². The van der Waals surface area contributed by atoms with Gasteiger partial charge < -0.3 is 19.1 Å².